The number of aliphatic imine (C=N–C) groups is 1. The Morgan fingerprint density at radius 2 is 1.79 bits per heavy atom. The minimum absolute atomic E-state index is 0.230. The third-order valence-electron chi connectivity index (χ3n) is 6.25. The van der Waals surface area contributed by atoms with E-state index in [-0.39, 0.29) is 24.5 Å². The molecule has 2 unspecified atom stereocenters. The van der Waals surface area contributed by atoms with Gasteiger partial charge in [-0.05, 0) is 36.8 Å². The molecule has 170 valence electrons. The lowest BCUT2D eigenvalue weighted by molar-refractivity contribution is -0.137. The predicted octanol–water partition coefficient (Wildman–Crippen LogP) is 2.14. The molecule has 0 aliphatic carbocycles. The zero-order valence-electron chi connectivity index (χ0n) is 18.5. The summed E-state index contributed by atoms with van der Waals surface area (Å²) in [5.41, 5.74) is 2.25. The van der Waals surface area contributed by atoms with Gasteiger partial charge in [0.15, 0.2) is 12.2 Å². The summed E-state index contributed by atoms with van der Waals surface area (Å²) >= 11 is 0. The summed E-state index contributed by atoms with van der Waals surface area (Å²) in [6, 6.07) is 15.7. The molecule has 2 atom stereocenters. The quantitative estimate of drug-likeness (QED) is 0.653. The lowest BCUT2D eigenvalue weighted by Gasteiger charge is -2.40. The summed E-state index contributed by atoms with van der Waals surface area (Å²) < 4.78 is 5.05. The molecule has 3 amide bonds. The Morgan fingerprint density at radius 1 is 1.06 bits per heavy atom. The van der Waals surface area contributed by atoms with Crippen LogP contribution in [0.4, 0.5) is 10.5 Å². The highest BCUT2D eigenvalue weighted by Crippen LogP contribution is 2.33. The first-order chi connectivity index (χ1) is 16.0. The number of carbonyl (C=O) groups excluding carboxylic acids is 3. The van der Waals surface area contributed by atoms with Crippen LogP contribution in [0.2, 0.25) is 0 Å². The normalized spacial score (nSPS) is 21.8. The van der Waals surface area contributed by atoms with Crippen molar-refractivity contribution in [2.45, 2.75) is 25.7 Å². The van der Waals surface area contributed by atoms with Crippen LogP contribution in [0.25, 0.3) is 0 Å². The van der Waals surface area contributed by atoms with E-state index in [1.165, 1.54) is 4.90 Å². The molecule has 2 saturated heterocycles. The number of hydrogen-bond acceptors (Lipinski definition) is 7. The standard InChI is InChI=1S/C24H25N5O4/c1-3-33-22(31)17-9-11-18(12-10-17)27-13-14-28-19-20(25-23(27)28)26(2)24(32)29(21(19)30)15-16-7-5-4-6-8-16/h4-12,19-20H,3,13-15H2,1-2H3. The van der Waals surface area contributed by atoms with Crippen LogP contribution in [0.15, 0.2) is 59.6 Å². The van der Waals surface area contributed by atoms with Gasteiger partial charge in [0.05, 0.1) is 18.7 Å². The molecular weight excluding hydrogens is 422 g/mol. The lowest BCUT2D eigenvalue weighted by Crippen LogP contribution is -2.64. The molecule has 2 aromatic carbocycles. The number of anilines is 1. The number of nitrogens with zero attached hydrogens (tertiary/aromatic N) is 5. The molecule has 33 heavy (non-hydrogen) atoms. The van der Waals surface area contributed by atoms with Gasteiger partial charge in [-0.15, -0.1) is 0 Å². The van der Waals surface area contributed by atoms with Crippen molar-refractivity contribution in [2.24, 2.45) is 4.99 Å². The fourth-order valence-corrected chi connectivity index (χ4v) is 4.58. The van der Waals surface area contributed by atoms with Crippen molar-refractivity contribution in [3.8, 4) is 0 Å². The predicted molar refractivity (Wildman–Crippen MR) is 122 cm³/mol. The average Bonchev–Trinajstić information content (AvgIpc) is 3.41. The van der Waals surface area contributed by atoms with Crippen molar-refractivity contribution in [2.75, 3.05) is 31.6 Å². The Balaban J connectivity index is 1.38. The zero-order valence-corrected chi connectivity index (χ0v) is 18.5. The first-order valence-corrected chi connectivity index (χ1v) is 11.0. The lowest BCUT2D eigenvalue weighted by atomic mass is 10.1. The number of esters is 1. The van der Waals surface area contributed by atoms with E-state index in [0.717, 1.165) is 11.3 Å². The average molecular weight is 447 g/mol. The second kappa shape index (κ2) is 8.23. The van der Waals surface area contributed by atoms with E-state index in [0.29, 0.717) is 31.2 Å². The Hall–Kier alpha value is -3.88. The molecule has 0 saturated carbocycles. The minimum atomic E-state index is -0.561. The third kappa shape index (κ3) is 3.49. The number of fused-ring (bicyclic) bond motifs is 3. The Morgan fingerprint density at radius 3 is 2.48 bits per heavy atom. The number of benzene rings is 2. The van der Waals surface area contributed by atoms with Crippen LogP contribution < -0.4 is 4.90 Å². The van der Waals surface area contributed by atoms with Gasteiger partial charge in [0.25, 0.3) is 5.91 Å². The number of urea groups is 1. The van der Waals surface area contributed by atoms with E-state index in [1.54, 1.807) is 31.0 Å². The van der Waals surface area contributed by atoms with Crippen molar-refractivity contribution in [3.05, 3.63) is 65.7 Å². The molecule has 0 bridgehead atoms. The molecule has 0 spiro atoms. The molecule has 3 heterocycles. The first-order valence-electron chi connectivity index (χ1n) is 11.0. The molecule has 0 aromatic heterocycles. The van der Waals surface area contributed by atoms with Crippen molar-refractivity contribution < 1.29 is 19.1 Å². The highest BCUT2D eigenvalue weighted by molar-refractivity contribution is 6.08. The van der Waals surface area contributed by atoms with E-state index >= 15 is 0 Å². The second-order valence-corrected chi connectivity index (χ2v) is 8.20. The zero-order chi connectivity index (χ0) is 23.1. The van der Waals surface area contributed by atoms with E-state index in [2.05, 4.69) is 0 Å². The van der Waals surface area contributed by atoms with Gasteiger partial charge in [0.1, 0.15) is 0 Å². The Bertz CT molecular complexity index is 1120. The molecule has 3 aliphatic heterocycles. The van der Waals surface area contributed by atoms with Gasteiger partial charge in [-0.3, -0.25) is 9.69 Å². The summed E-state index contributed by atoms with van der Waals surface area (Å²) in [6.07, 6.45) is -0.561. The molecule has 0 N–H and O–H groups in total. The summed E-state index contributed by atoms with van der Waals surface area (Å²) in [7, 11) is 1.69. The van der Waals surface area contributed by atoms with Crippen LogP contribution in [0, 0.1) is 0 Å². The molecule has 0 radical (unpaired) electrons. The van der Waals surface area contributed by atoms with Crippen LogP contribution in [0.1, 0.15) is 22.8 Å². The fraction of sp³-hybridized carbons (Fsp3) is 0.333. The first kappa shape index (κ1) is 21.0. The van der Waals surface area contributed by atoms with Gasteiger partial charge in [-0.2, -0.15) is 0 Å². The summed E-state index contributed by atoms with van der Waals surface area (Å²) in [5, 5.41) is 0. The van der Waals surface area contributed by atoms with Crippen LogP contribution in [-0.2, 0) is 16.1 Å². The second-order valence-electron chi connectivity index (χ2n) is 8.20. The van der Waals surface area contributed by atoms with Crippen LogP contribution in [-0.4, -0.2) is 77.5 Å². The SMILES string of the molecule is CCOC(=O)c1ccc(N2CCN3C2=NC2C3C(=O)N(Cc3ccccc3)C(=O)N2C)cc1. The summed E-state index contributed by atoms with van der Waals surface area (Å²) in [6.45, 7) is 3.60. The van der Waals surface area contributed by atoms with Crippen molar-refractivity contribution in [3.63, 3.8) is 0 Å². The van der Waals surface area contributed by atoms with Crippen molar-refractivity contribution >= 4 is 29.6 Å². The number of carbonyl (C=O) groups is 3. The van der Waals surface area contributed by atoms with Gasteiger partial charge in [0.2, 0.25) is 5.96 Å². The molecule has 5 rings (SSSR count). The topological polar surface area (TPSA) is 85.8 Å². The molecule has 9 heteroatoms. The minimum Gasteiger partial charge on any atom is -0.462 e. The molecule has 9 nitrogen and oxygen atoms in total. The van der Waals surface area contributed by atoms with Crippen LogP contribution >= 0.6 is 0 Å². The van der Waals surface area contributed by atoms with Crippen LogP contribution in [0.3, 0.4) is 0 Å². The van der Waals surface area contributed by atoms with E-state index in [1.807, 2.05) is 52.3 Å². The monoisotopic (exact) mass is 447 g/mol. The van der Waals surface area contributed by atoms with Gasteiger partial charge in [-0.1, -0.05) is 30.3 Å². The van der Waals surface area contributed by atoms with Gasteiger partial charge >= 0.3 is 12.0 Å². The van der Waals surface area contributed by atoms with Gasteiger partial charge in [0, 0.05) is 25.8 Å². The van der Waals surface area contributed by atoms with Gasteiger partial charge in [-0.25, -0.2) is 14.6 Å². The number of likely N-dealkylation sites (N-methyl/N-ethyl adjacent to an activating group) is 1. The third-order valence-corrected chi connectivity index (χ3v) is 6.25. The van der Waals surface area contributed by atoms with Crippen LogP contribution in [0.5, 0.6) is 0 Å². The highest BCUT2D eigenvalue weighted by Gasteiger charge is 2.54. The smallest absolute Gasteiger partial charge is 0.338 e. The van der Waals surface area contributed by atoms with Crippen molar-refractivity contribution in [1.82, 2.24) is 14.7 Å². The number of ether oxygens (including phenoxy) is 1. The van der Waals surface area contributed by atoms with Gasteiger partial charge < -0.3 is 19.4 Å². The maximum Gasteiger partial charge on any atom is 0.338 e. The van der Waals surface area contributed by atoms with E-state index in [4.69, 9.17) is 9.73 Å². The Kier molecular flexibility index (Phi) is 5.24. The molecule has 3 aliphatic rings. The Labute approximate surface area is 191 Å². The maximum atomic E-state index is 13.4. The molecule has 2 aromatic rings. The highest BCUT2D eigenvalue weighted by atomic mass is 16.5. The number of rotatable bonds is 5. The number of hydrogen-bond donors (Lipinski definition) is 0. The maximum absolute atomic E-state index is 13.4. The van der Waals surface area contributed by atoms with E-state index < -0.39 is 12.2 Å². The van der Waals surface area contributed by atoms with E-state index in [9.17, 15) is 14.4 Å². The number of amides is 3. The fourth-order valence-electron chi connectivity index (χ4n) is 4.58. The largest absolute Gasteiger partial charge is 0.462 e. The summed E-state index contributed by atoms with van der Waals surface area (Å²) in [5.74, 6) is 0.0780. The molecule has 2 fully saturated rings. The number of imide groups is 1. The number of guanidine groups is 1. The van der Waals surface area contributed by atoms with Crippen molar-refractivity contribution in [1.29, 1.82) is 0 Å². The molecular formula is C24H25N5O4. The summed E-state index contributed by atoms with van der Waals surface area (Å²) in [4.78, 5) is 50.0.